The predicted molar refractivity (Wildman–Crippen MR) is 72.1 cm³/mol. The van der Waals surface area contributed by atoms with Crippen LogP contribution in [0, 0.1) is 12.8 Å². The van der Waals surface area contributed by atoms with E-state index in [1.165, 1.54) is 17.5 Å². The average molecular weight is 339 g/mol. The minimum absolute atomic E-state index is 0.368. The van der Waals surface area contributed by atoms with E-state index in [1.807, 2.05) is 6.92 Å². The summed E-state index contributed by atoms with van der Waals surface area (Å²) in [6.07, 6.45) is 3.33. The zero-order valence-corrected chi connectivity index (χ0v) is 12.8. The molecule has 0 aliphatic carbocycles. The van der Waals surface area contributed by atoms with Crippen LogP contribution >= 0.6 is 27.3 Å². The van der Waals surface area contributed by atoms with Gasteiger partial charge in [0.05, 0.1) is 11.2 Å². The van der Waals surface area contributed by atoms with Gasteiger partial charge in [0, 0.05) is 18.4 Å². The summed E-state index contributed by atoms with van der Waals surface area (Å²) in [5.41, 5.74) is 0. The molecule has 0 unspecified atom stereocenters. The molecular formula is C10H15BrN2O2S2. The van der Waals surface area contributed by atoms with Gasteiger partial charge < -0.3 is 0 Å². The van der Waals surface area contributed by atoms with E-state index in [1.54, 1.807) is 4.31 Å². The third-order valence-electron chi connectivity index (χ3n) is 2.99. The van der Waals surface area contributed by atoms with Crippen molar-refractivity contribution in [3.05, 3.63) is 11.2 Å². The summed E-state index contributed by atoms with van der Waals surface area (Å²) in [7, 11) is -3.30. The molecule has 2 heterocycles. The van der Waals surface area contributed by atoms with Crippen LogP contribution in [0.4, 0.5) is 0 Å². The largest absolute Gasteiger partial charge is 0.254 e. The lowest BCUT2D eigenvalue weighted by atomic mass is 10.0. The van der Waals surface area contributed by atoms with Crippen molar-refractivity contribution in [1.82, 2.24) is 9.29 Å². The van der Waals surface area contributed by atoms with Gasteiger partial charge in [0.1, 0.15) is 0 Å². The van der Waals surface area contributed by atoms with Crippen LogP contribution in [0.2, 0.25) is 0 Å². The molecule has 1 aliphatic heterocycles. The average Bonchev–Trinajstić information content (AvgIpc) is 2.77. The summed E-state index contributed by atoms with van der Waals surface area (Å²) >= 11 is 4.70. The van der Waals surface area contributed by atoms with Gasteiger partial charge in [0.2, 0.25) is 0 Å². The number of alkyl halides is 1. The Morgan fingerprint density at radius 3 is 2.65 bits per heavy atom. The molecule has 17 heavy (non-hydrogen) atoms. The summed E-state index contributed by atoms with van der Waals surface area (Å²) in [6, 6.07) is 0. The Morgan fingerprint density at radius 2 is 2.18 bits per heavy atom. The highest BCUT2D eigenvalue weighted by atomic mass is 79.9. The molecule has 0 N–H and O–H groups in total. The van der Waals surface area contributed by atoms with Crippen molar-refractivity contribution >= 4 is 37.3 Å². The molecule has 1 fully saturated rings. The maximum atomic E-state index is 12.3. The number of aryl methyl sites for hydroxylation is 1. The topological polar surface area (TPSA) is 50.3 Å². The van der Waals surface area contributed by atoms with Crippen molar-refractivity contribution < 1.29 is 8.42 Å². The van der Waals surface area contributed by atoms with Crippen LogP contribution in [0.5, 0.6) is 0 Å². The normalized spacial score (nSPS) is 19.6. The summed E-state index contributed by atoms with van der Waals surface area (Å²) in [6.45, 7) is 3.06. The molecule has 96 valence electrons. The van der Waals surface area contributed by atoms with E-state index in [0.29, 0.717) is 23.2 Å². The lowest BCUT2D eigenvalue weighted by molar-refractivity contribution is 0.292. The van der Waals surface area contributed by atoms with Crippen molar-refractivity contribution in [2.45, 2.75) is 24.0 Å². The highest BCUT2D eigenvalue weighted by Crippen LogP contribution is 2.27. The second-order valence-electron chi connectivity index (χ2n) is 4.20. The van der Waals surface area contributed by atoms with Crippen molar-refractivity contribution in [3.8, 4) is 0 Å². The van der Waals surface area contributed by atoms with Gasteiger partial charge in [-0.3, -0.25) is 0 Å². The Kier molecular flexibility index (Phi) is 4.22. The minimum atomic E-state index is -3.30. The van der Waals surface area contributed by atoms with Gasteiger partial charge in [-0.2, -0.15) is 4.31 Å². The summed E-state index contributed by atoms with van der Waals surface area (Å²) in [4.78, 5) is 4.01. The number of piperidine rings is 1. The van der Waals surface area contributed by atoms with Crippen LogP contribution in [-0.2, 0) is 10.0 Å². The van der Waals surface area contributed by atoms with Crippen molar-refractivity contribution in [1.29, 1.82) is 0 Å². The molecule has 0 amide bonds. The monoisotopic (exact) mass is 338 g/mol. The summed E-state index contributed by atoms with van der Waals surface area (Å²) in [5.74, 6) is 0.602. The fraction of sp³-hybridized carbons (Fsp3) is 0.700. The minimum Gasteiger partial charge on any atom is -0.249 e. The number of hydrogen-bond acceptors (Lipinski definition) is 4. The van der Waals surface area contributed by atoms with E-state index < -0.39 is 10.0 Å². The number of sulfonamides is 1. The molecule has 0 saturated carbocycles. The molecule has 7 heteroatoms. The molecule has 1 aromatic heterocycles. The maximum Gasteiger partial charge on any atom is 0.254 e. The number of aromatic nitrogens is 1. The van der Waals surface area contributed by atoms with Gasteiger partial charge in [-0.1, -0.05) is 15.9 Å². The first-order chi connectivity index (χ1) is 8.04. The summed E-state index contributed by atoms with van der Waals surface area (Å²) in [5, 5.41) is 1.75. The van der Waals surface area contributed by atoms with Crippen molar-refractivity contribution in [3.63, 3.8) is 0 Å². The zero-order chi connectivity index (χ0) is 12.5. The summed E-state index contributed by atoms with van der Waals surface area (Å²) < 4.78 is 26.5. The SMILES string of the molecule is Cc1ncc(S(=O)(=O)N2CCC(CBr)CC2)s1. The lowest BCUT2D eigenvalue weighted by Gasteiger charge is -2.29. The maximum absolute atomic E-state index is 12.3. The Balaban J connectivity index is 2.12. The number of nitrogens with zero attached hydrogens (tertiary/aromatic N) is 2. The second-order valence-corrected chi connectivity index (χ2v) is 8.25. The van der Waals surface area contributed by atoms with Crippen molar-refractivity contribution in [2.75, 3.05) is 18.4 Å². The van der Waals surface area contributed by atoms with Gasteiger partial charge in [0.15, 0.2) is 4.21 Å². The molecule has 0 aromatic carbocycles. The van der Waals surface area contributed by atoms with Crippen LogP contribution in [-0.4, -0.2) is 36.1 Å². The van der Waals surface area contributed by atoms with Gasteiger partial charge in [-0.15, -0.1) is 11.3 Å². The molecule has 4 nitrogen and oxygen atoms in total. The van der Waals surface area contributed by atoms with Crippen LogP contribution in [0.15, 0.2) is 10.4 Å². The molecule has 1 saturated heterocycles. The van der Waals surface area contributed by atoms with E-state index in [-0.39, 0.29) is 0 Å². The first-order valence-electron chi connectivity index (χ1n) is 5.52. The van der Waals surface area contributed by atoms with E-state index in [4.69, 9.17) is 0 Å². The first-order valence-corrected chi connectivity index (χ1v) is 8.90. The van der Waals surface area contributed by atoms with Crippen LogP contribution in [0.3, 0.4) is 0 Å². The van der Waals surface area contributed by atoms with Crippen LogP contribution in [0.25, 0.3) is 0 Å². The predicted octanol–water partition coefficient (Wildman–Crippen LogP) is 2.25. The van der Waals surface area contributed by atoms with E-state index >= 15 is 0 Å². The van der Waals surface area contributed by atoms with Crippen LogP contribution in [0.1, 0.15) is 17.8 Å². The highest BCUT2D eigenvalue weighted by molar-refractivity contribution is 9.09. The van der Waals surface area contributed by atoms with Crippen molar-refractivity contribution in [2.24, 2.45) is 5.92 Å². The Hall–Kier alpha value is 0.0200. The quantitative estimate of drug-likeness (QED) is 0.794. The van der Waals surface area contributed by atoms with Gasteiger partial charge in [-0.25, -0.2) is 13.4 Å². The molecule has 2 rings (SSSR count). The second kappa shape index (κ2) is 5.34. The van der Waals surface area contributed by atoms with Gasteiger partial charge >= 0.3 is 0 Å². The van der Waals surface area contributed by atoms with E-state index in [2.05, 4.69) is 20.9 Å². The number of halogens is 1. The Bertz CT molecular complexity index is 478. The molecule has 0 bridgehead atoms. The Morgan fingerprint density at radius 1 is 1.53 bits per heavy atom. The third kappa shape index (κ3) is 2.89. The first kappa shape index (κ1) is 13.5. The standard InChI is InChI=1S/C10H15BrN2O2S2/c1-8-12-7-10(16-8)17(14,15)13-4-2-9(6-11)3-5-13/h7,9H,2-6H2,1H3. The number of thiazole rings is 1. The van der Waals surface area contributed by atoms with E-state index in [9.17, 15) is 8.42 Å². The smallest absolute Gasteiger partial charge is 0.249 e. The highest BCUT2D eigenvalue weighted by Gasteiger charge is 2.30. The fourth-order valence-corrected chi connectivity index (χ4v) is 5.27. The van der Waals surface area contributed by atoms with Gasteiger partial charge in [0.25, 0.3) is 10.0 Å². The molecule has 0 radical (unpaired) electrons. The molecule has 1 aromatic rings. The number of hydrogen-bond donors (Lipinski definition) is 0. The van der Waals surface area contributed by atoms with Crippen LogP contribution < -0.4 is 0 Å². The molecule has 1 aliphatic rings. The third-order valence-corrected chi connectivity index (χ3v) is 7.15. The fourth-order valence-electron chi connectivity index (χ4n) is 1.89. The lowest BCUT2D eigenvalue weighted by Crippen LogP contribution is -2.38. The molecule has 0 atom stereocenters. The number of rotatable bonds is 3. The Labute approximate surface area is 114 Å². The van der Waals surface area contributed by atoms with Gasteiger partial charge in [-0.05, 0) is 25.7 Å². The molecule has 0 spiro atoms. The van der Waals surface area contributed by atoms with E-state index in [0.717, 1.165) is 23.2 Å². The molecular weight excluding hydrogens is 324 g/mol. The zero-order valence-electron chi connectivity index (χ0n) is 9.60.